The molecule has 27 heavy (non-hydrogen) atoms. The number of halogens is 1. The molecule has 0 saturated heterocycles. The molecule has 0 aliphatic carbocycles. The van der Waals surface area contributed by atoms with E-state index in [1.807, 2.05) is 47.9 Å². The standard InChI is InChI=1S/C19H19BrN4O2S/c1-2-26-17(25)6-4-12-27-19-23-22-18(14-5-3-11-21-13-14)24(19)16-9-7-15(20)8-10-16/h3,5,7-11,13H,2,4,6,12H2,1H3. The zero-order valence-corrected chi connectivity index (χ0v) is 17.2. The number of ether oxygens (including phenoxy) is 1. The average Bonchev–Trinajstić information content (AvgIpc) is 3.11. The fourth-order valence-electron chi connectivity index (χ4n) is 2.48. The number of benzene rings is 1. The SMILES string of the molecule is CCOC(=O)CCCSc1nnc(-c2cccnc2)n1-c1ccc(Br)cc1. The van der Waals surface area contributed by atoms with Crippen LogP contribution in [0.3, 0.4) is 0 Å². The Labute approximate surface area is 170 Å². The van der Waals surface area contributed by atoms with Crippen LogP contribution in [-0.4, -0.2) is 38.1 Å². The largest absolute Gasteiger partial charge is 0.466 e. The van der Waals surface area contributed by atoms with E-state index in [0.717, 1.165) is 38.9 Å². The molecule has 0 spiro atoms. The van der Waals surface area contributed by atoms with E-state index in [1.54, 1.807) is 24.2 Å². The molecule has 0 aliphatic heterocycles. The number of hydrogen-bond donors (Lipinski definition) is 0. The quantitative estimate of drug-likeness (QED) is 0.287. The van der Waals surface area contributed by atoms with E-state index >= 15 is 0 Å². The Morgan fingerprint density at radius 1 is 1.22 bits per heavy atom. The van der Waals surface area contributed by atoms with Gasteiger partial charge in [0, 0.05) is 40.3 Å². The topological polar surface area (TPSA) is 69.9 Å². The first-order valence-electron chi connectivity index (χ1n) is 8.59. The van der Waals surface area contributed by atoms with Crippen molar-refractivity contribution in [3.05, 3.63) is 53.3 Å². The maximum Gasteiger partial charge on any atom is 0.305 e. The molecular formula is C19H19BrN4O2S. The molecule has 0 unspecified atom stereocenters. The summed E-state index contributed by atoms with van der Waals surface area (Å²) in [6.07, 6.45) is 4.63. The van der Waals surface area contributed by atoms with Crippen LogP contribution in [0.15, 0.2) is 58.4 Å². The van der Waals surface area contributed by atoms with Crippen molar-refractivity contribution < 1.29 is 9.53 Å². The van der Waals surface area contributed by atoms with Crippen LogP contribution in [-0.2, 0) is 9.53 Å². The number of aromatic nitrogens is 4. The number of rotatable bonds is 8. The first-order chi connectivity index (χ1) is 13.2. The molecule has 0 radical (unpaired) electrons. The normalized spacial score (nSPS) is 10.7. The van der Waals surface area contributed by atoms with E-state index in [2.05, 4.69) is 31.1 Å². The van der Waals surface area contributed by atoms with Gasteiger partial charge in [-0.05, 0) is 49.7 Å². The van der Waals surface area contributed by atoms with Gasteiger partial charge in [0.05, 0.1) is 6.61 Å². The first kappa shape index (κ1) is 19.6. The Morgan fingerprint density at radius 3 is 2.74 bits per heavy atom. The van der Waals surface area contributed by atoms with Gasteiger partial charge in [-0.25, -0.2) is 0 Å². The molecule has 0 amide bonds. The van der Waals surface area contributed by atoms with Gasteiger partial charge in [0.25, 0.3) is 0 Å². The van der Waals surface area contributed by atoms with Crippen LogP contribution in [0, 0.1) is 0 Å². The van der Waals surface area contributed by atoms with Crippen molar-refractivity contribution in [3.63, 3.8) is 0 Å². The molecule has 0 saturated carbocycles. The van der Waals surface area contributed by atoms with E-state index in [-0.39, 0.29) is 5.97 Å². The van der Waals surface area contributed by atoms with Crippen LogP contribution in [0.25, 0.3) is 17.1 Å². The van der Waals surface area contributed by atoms with Crippen LogP contribution in [0.1, 0.15) is 19.8 Å². The van der Waals surface area contributed by atoms with E-state index < -0.39 is 0 Å². The molecule has 3 rings (SSSR count). The third kappa shape index (κ3) is 5.17. The lowest BCUT2D eigenvalue weighted by Gasteiger charge is -2.10. The summed E-state index contributed by atoms with van der Waals surface area (Å²) in [5.74, 6) is 1.32. The number of carbonyl (C=O) groups is 1. The van der Waals surface area contributed by atoms with Gasteiger partial charge in [-0.15, -0.1) is 10.2 Å². The van der Waals surface area contributed by atoms with Crippen LogP contribution < -0.4 is 0 Å². The number of carbonyl (C=O) groups excluding carboxylic acids is 1. The molecule has 2 heterocycles. The molecule has 8 heteroatoms. The molecule has 2 aromatic heterocycles. The third-order valence-corrected chi connectivity index (χ3v) is 5.24. The maximum atomic E-state index is 11.5. The lowest BCUT2D eigenvalue weighted by molar-refractivity contribution is -0.143. The Balaban J connectivity index is 1.82. The highest BCUT2D eigenvalue weighted by molar-refractivity contribution is 9.10. The van der Waals surface area contributed by atoms with Crippen LogP contribution in [0.5, 0.6) is 0 Å². The third-order valence-electron chi connectivity index (χ3n) is 3.70. The minimum absolute atomic E-state index is 0.163. The van der Waals surface area contributed by atoms with Gasteiger partial charge >= 0.3 is 5.97 Å². The highest BCUT2D eigenvalue weighted by Gasteiger charge is 2.16. The summed E-state index contributed by atoms with van der Waals surface area (Å²) in [5, 5.41) is 9.52. The molecule has 3 aromatic rings. The van der Waals surface area contributed by atoms with Crippen molar-refractivity contribution in [1.82, 2.24) is 19.7 Å². The summed E-state index contributed by atoms with van der Waals surface area (Å²) in [7, 11) is 0. The van der Waals surface area contributed by atoms with E-state index in [1.165, 1.54) is 0 Å². The van der Waals surface area contributed by atoms with Gasteiger partial charge in [-0.3, -0.25) is 14.3 Å². The number of pyridine rings is 1. The molecule has 0 fully saturated rings. The number of hydrogen-bond acceptors (Lipinski definition) is 6. The summed E-state index contributed by atoms with van der Waals surface area (Å²) in [6, 6.07) is 11.8. The van der Waals surface area contributed by atoms with Crippen LogP contribution in [0.4, 0.5) is 0 Å². The summed E-state index contributed by atoms with van der Waals surface area (Å²) in [6.45, 7) is 2.23. The first-order valence-corrected chi connectivity index (χ1v) is 10.4. The number of nitrogens with zero attached hydrogens (tertiary/aromatic N) is 4. The average molecular weight is 447 g/mol. The Bertz CT molecular complexity index is 884. The van der Waals surface area contributed by atoms with Crippen molar-refractivity contribution in [1.29, 1.82) is 0 Å². The second-order valence-corrected chi connectivity index (χ2v) is 7.59. The second-order valence-electron chi connectivity index (χ2n) is 5.62. The van der Waals surface area contributed by atoms with Crippen molar-refractivity contribution >= 4 is 33.7 Å². The van der Waals surface area contributed by atoms with Crippen LogP contribution >= 0.6 is 27.7 Å². The molecule has 0 bridgehead atoms. The predicted octanol–water partition coefficient (Wildman–Crippen LogP) is 4.53. The van der Waals surface area contributed by atoms with Crippen molar-refractivity contribution in [2.75, 3.05) is 12.4 Å². The van der Waals surface area contributed by atoms with Gasteiger partial charge in [-0.1, -0.05) is 27.7 Å². The molecule has 140 valence electrons. The zero-order chi connectivity index (χ0) is 19.1. The summed E-state index contributed by atoms with van der Waals surface area (Å²) in [4.78, 5) is 15.7. The van der Waals surface area contributed by atoms with E-state index in [4.69, 9.17) is 4.74 Å². The second kappa shape index (κ2) is 9.66. The van der Waals surface area contributed by atoms with Gasteiger partial charge in [0.15, 0.2) is 11.0 Å². The molecule has 0 aliphatic rings. The Morgan fingerprint density at radius 2 is 2.04 bits per heavy atom. The van der Waals surface area contributed by atoms with Crippen LogP contribution in [0.2, 0.25) is 0 Å². The highest BCUT2D eigenvalue weighted by atomic mass is 79.9. The molecular weight excluding hydrogens is 428 g/mol. The summed E-state index contributed by atoms with van der Waals surface area (Å²) < 4.78 is 7.99. The fraction of sp³-hybridized carbons (Fsp3) is 0.263. The smallest absolute Gasteiger partial charge is 0.305 e. The zero-order valence-electron chi connectivity index (χ0n) is 14.8. The summed E-state index contributed by atoms with van der Waals surface area (Å²) >= 11 is 5.04. The fourth-order valence-corrected chi connectivity index (χ4v) is 3.64. The van der Waals surface area contributed by atoms with Crippen molar-refractivity contribution in [2.45, 2.75) is 24.9 Å². The van der Waals surface area contributed by atoms with Gasteiger partial charge < -0.3 is 4.74 Å². The minimum Gasteiger partial charge on any atom is -0.466 e. The van der Waals surface area contributed by atoms with Gasteiger partial charge in [0.1, 0.15) is 0 Å². The molecule has 0 N–H and O–H groups in total. The van der Waals surface area contributed by atoms with E-state index in [9.17, 15) is 4.79 Å². The monoisotopic (exact) mass is 446 g/mol. The minimum atomic E-state index is -0.163. The van der Waals surface area contributed by atoms with Gasteiger partial charge in [0.2, 0.25) is 0 Å². The number of thioether (sulfide) groups is 1. The molecule has 6 nitrogen and oxygen atoms in total. The lowest BCUT2D eigenvalue weighted by atomic mass is 10.2. The van der Waals surface area contributed by atoms with Crippen molar-refractivity contribution in [2.24, 2.45) is 0 Å². The molecule has 0 atom stereocenters. The Kier molecular flexibility index (Phi) is 7.00. The Hall–Kier alpha value is -2.19. The lowest BCUT2D eigenvalue weighted by Crippen LogP contribution is -2.04. The summed E-state index contributed by atoms with van der Waals surface area (Å²) in [5.41, 5.74) is 1.86. The maximum absolute atomic E-state index is 11.5. The van der Waals surface area contributed by atoms with E-state index in [0.29, 0.717) is 13.0 Å². The number of esters is 1. The van der Waals surface area contributed by atoms with Gasteiger partial charge in [-0.2, -0.15) is 0 Å². The molecule has 1 aromatic carbocycles. The predicted molar refractivity (Wildman–Crippen MR) is 109 cm³/mol. The highest BCUT2D eigenvalue weighted by Crippen LogP contribution is 2.28. The van der Waals surface area contributed by atoms with Crippen molar-refractivity contribution in [3.8, 4) is 17.1 Å².